The summed E-state index contributed by atoms with van der Waals surface area (Å²) in [5.74, 6) is 1.21. The van der Waals surface area contributed by atoms with Crippen LogP contribution in [0.3, 0.4) is 0 Å². The average Bonchev–Trinajstić information content (AvgIpc) is 2.28. The highest BCUT2D eigenvalue weighted by Gasteiger charge is 2.15. The van der Waals surface area contributed by atoms with Crippen molar-refractivity contribution in [2.24, 2.45) is 0 Å². The van der Waals surface area contributed by atoms with E-state index in [1.807, 2.05) is 6.92 Å². The number of nitrogens with one attached hydrogen (secondary N) is 1. The molecule has 0 radical (unpaired) electrons. The molecule has 0 heterocycles. The Balaban J connectivity index is 2.94. The molecular formula is C12H19NO4S. The lowest BCUT2D eigenvalue weighted by atomic mass is 10.2. The van der Waals surface area contributed by atoms with Crippen LogP contribution in [-0.4, -0.2) is 33.8 Å². The van der Waals surface area contributed by atoms with Crippen LogP contribution < -0.4 is 14.8 Å². The molecule has 0 spiro atoms. The molecule has 0 aromatic heterocycles. The van der Waals surface area contributed by atoms with Crippen molar-refractivity contribution in [1.82, 2.24) is 0 Å². The minimum Gasteiger partial charge on any atom is -0.493 e. The number of rotatable bonds is 6. The second-order valence-corrected chi connectivity index (χ2v) is 6.28. The van der Waals surface area contributed by atoms with Crippen molar-refractivity contribution in [3.8, 4) is 11.5 Å². The van der Waals surface area contributed by atoms with Crippen molar-refractivity contribution >= 4 is 15.5 Å². The highest BCUT2D eigenvalue weighted by Crippen LogP contribution is 2.30. The summed E-state index contributed by atoms with van der Waals surface area (Å²) in [6.07, 6.45) is 1.19. The SMILES string of the molecule is CCOc1cc(NC(C)S(C)(=O)=O)ccc1OC. The first kappa shape index (κ1) is 14.6. The van der Waals surface area contributed by atoms with Gasteiger partial charge in [-0.2, -0.15) is 0 Å². The molecule has 0 saturated carbocycles. The summed E-state index contributed by atoms with van der Waals surface area (Å²) < 4.78 is 33.3. The standard InChI is InChI=1S/C12H19NO4S/c1-5-17-12-8-10(6-7-11(12)16-3)13-9(2)18(4,14)15/h6-9,13H,5H2,1-4H3. The van der Waals surface area contributed by atoms with Crippen molar-refractivity contribution in [3.63, 3.8) is 0 Å². The van der Waals surface area contributed by atoms with E-state index in [0.29, 0.717) is 23.8 Å². The van der Waals surface area contributed by atoms with Gasteiger partial charge in [-0.25, -0.2) is 8.42 Å². The fraction of sp³-hybridized carbons (Fsp3) is 0.500. The second-order valence-electron chi connectivity index (χ2n) is 3.91. The van der Waals surface area contributed by atoms with Gasteiger partial charge in [0, 0.05) is 18.0 Å². The Bertz CT molecular complexity index is 499. The first-order valence-electron chi connectivity index (χ1n) is 5.64. The molecule has 6 heteroatoms. The molecule has 5 nitrogen and oxygen atoms in total. The molecule has 1 aromatic rings. The zero-order chi connectivity index (χ0) is 13.8. The van der Waals surface area contributed by atoms with E-state index in [-0.39, 0.29) is 0 Å². The van der Waals surface area contributed by atoms with Crippen molar-refractivity contribution in [3.05, 3.63) is 18.2 Å². The monoisotopic (exact) mass is 273 g/mol. The van der Waals surface area contributed by atoms with Crippen LogP contribution in [0.2, 0.25) is 0 Å². The first-order chi connectivity index (χ1) is 8.38. The normalized spacial score (nSPS) is 12.9. The fourth-order valence-electron chi connectivity index (χ4n) is 1.38. The summed E-state index contributed by atoms with van der Waals surface area (Å²) >= 11 is 0. The number of anilines is 1. The molecule has 0 amide bonds. The lowest BCUT2D eigenvalue weighted by Crippen LogP contribution is -2.24. The Morgan fingerprint density at radius 2 is 2.00 bits per heavy atom. The third-order valence-corrected chi connectivity index (χ3v) is 3.88. The average molecular weight is 273 g/mol. The Labute approximate surface area is 108 Å². The Kier molecular flexibility index (Phi) is 4.84. The van der Waals surface area contributed by atoms with Gasteiger partial charge in [-0.3, -0.25) is 0 Å². The molecule has 1 N–H and O–H groups in total. The molecule has 102 valence electrons. The first-order valence-corrected chi connectivity index (χ1v) is 7.60. The molecule has 1 unspecified atom stereocenters. The van der Waals surface area contributed by atoms with Gasteiger partial charge in [0.25, 0.3) is 0 Å². The van der Waals surface area contributed by atoms with Crippen molar-refractivity contribution in [2.45, 2.75) is 19.2 Å². The van der Waals surface area contributed by atoms with Gasteiger partial charge < -0.3 is 14.8 Å². The van der Waals surface area contributed by atoms with Crippen molar-refractivity contribution < 1.29 is 17.9 Å². The van der Waals surface area contributed by atoms with E-state index in [9.17, 15) is 8.42 Å². The quantitative estimate of drug-likeness (QED) is 0.857. The number of methoxy groups -OCH3 is 1. The van der Waals surface area contributed by atoms with E-state index in [1.165, 1.54) is 6.26 Å². The van der Waals surface area contributed by atoms with Gasteiger partial charge in [0.2, 0.25) is 0 Å². The number of benzene rings is 1. The molecule has 0 aliphatic rings. The smallest absolute Gasteiger partial charge is 0.167 e. The number of sulfone groups is 1. The molecule has 1 atom stereocenters. The topological polar surface area (TPSA) is 64.6 Å². The largest absolute Gasteiger partial charge is 0.493 e. The second kappa shape index (κ2) is 5.95. The molecule has 18 heavy (non-hydrogen) atoms. The third-order valence-electron chi connectivity index (χ3n) is 2.48. The van der Waals surface area contributed by atoms with Gasteiger partial charge in [-0.15, -0.1) is 0 Å². The van der Waals surface area contributed by atoms with Crippen LogP contribution >= 0.6 is 0 Å². The maximum absolute atomic E-state index is 11.4. The van der Waals surface area contributed by atoms with Gasteiger partial charge >= 0.3 is 0 Å². The Hall–Kier alpha value is -1.43. The van der Waals surface area contributed by atoms with E-state index in [1.54, 1.807) is 32.2 Å². The minimum atomic E-state index is -3.13. The zero-order valence-electron chi connectivity index (χ0n) is 11.1. The molecule has 0 bridgehead atoms. The molecule has 0 aliphatic carbocycles. The van der Waals surface area contributed by atoms with E-state index < -0.39 is 15.2 Å². The van der Waals surface area contributed by atoms with Crippen LogP contribution in [-0.2, 0) is 9.84 Å². The van der Waals surface area contributed by atoms with Crippen LogP contribution in [0.4, 0.5) is 5.69 Å². The maximum Gasteiger partial charge on any atom is 0.167 e. The summed E-state index contributed by atoms with van der Waals surface area (Å²) in [7, 11) is -1.57. The van der Waals surface area contributed by atoms with E-state index in [2.05, 4.69) is 5.32 Å². The Morgan fingerprint density at radius 1 is 1.33 bits per heavy atom. The van der Waals surface area contributed by atoms with Crippen molar-refractivity contribution in [1.29, 1.82) is 0 Å². The summed E-state index contributed by atoms with van der Waals surface area (Å²) in [6.45, 7) is 3.99. The van der Waals surface area contributed by atoms with Gasteiger partial charge in [-0.05, 0) is 26.0 Å². The van der Waals surface area contributed by atoms with Gasteiger partial charge in [0.15, 0.2) is 21.3 Å². The van der Waals surface area contributed by atoms with Crippen LogP contribution in [0.25, 0.3) is 0 Å². The molecule has 0 fully saturated rings. The fourth-order valence-corrected chi connectivity index (χ4v) is 1.73. The minimum absolute atomic E-state index is 0.515. The Morgan fingerprint density at radius 3 is 2.50 bits per heavy atom. The third kappa shape index (κ3) is 3.80. The number of hydrogen-bond donors (Lipinski definition) is 1. The summed E-state index contributed by atoms with van der Waals surface area (Å²) in [5, 5.41) is 2.26. The van der Waals surface area contributed by atoms with Gasteiger partial charge in [0.1, 0.15) is 5.37 Å². The predicted molar refractivity (Wildman–Crippen MR) is 72.1 cm³/mol. The maximum atomic E-state index is 11.4. The van der Waals surface area contributed by atoms with Crippen molar-refractivity contribution in [2.75, 3.05) is 25.3 Å². The lowest BCUT2D eigenvalue weighted by molar-refractivity contribution is 0.311. The number of ether oxygens (including phenoxy) is 2. The van der Waals surface area contributed by atoms with Gasteiger partial charge in [-0.1, -0.05) is 0 Å². The summed E-state index contributed by atoms with van der Waals surface area (Å²) in [6, 6.07) is 5.22. The molecule has 0 saturated heterocycles. The summed E-state index contributed by atoms with van der Waals surface area (Å²) in [4.78, 5) is 0. The van der Waals surface area contributed by atoms with E-state index >= 15 is 0 Å². The van der Waals surface area contributed by atoms with Gasteiger partial charge in [0.05, 0.1) is 13.7 Å². The highest BCUT2D eigenvalue weighted by molar-refractivity contribution is 7.91. The zero-order valence-corrected chi connectivity index (χ0v) is 11.9. The van der Waals surface area contributed by atoms with Crippen LogP contribution in [0.15, 0.2) is 18.2 Å². The molecule has 0 aliphatic heterocycles. The number of hydrogen-bond acceptors (Lipinski definition) is 5. The van der Waals surface area contributed by atoms with E-state index in [0.717, 1.165) is 0 Å². The molecule has 1 aromatic carbocycles. The summed E-state index contributed by atoms with van der Waals surface area (Å²) in [5.41, 5.74) is 0.678. The lowest BCUT2D eigenvalue weighted by Gasteiger charge is -2.15. The van der Waals surface area contributed by atoms with E-state index in [4.69, 9.17) is 9.47 Å². The van der Waals surface area contributed by atoms with Crippen LogP contribution in [0, 0.1) is 0 Å². The molecule has 1 rings (SSSR count). The van der Waals surface area contributed by atoms with Crippen LogP contribution in [0.5, 0.6) is 11.5 Å². The predicted octanol–water partition coefficient (Wildman–Crippen LogP) is 1.90. The molecular weight excluding hydrogens is 254 g/mol. The highest BCUT2D eigenvalue weighted by atomic mass is 32.2. The van der Waals surface area contributed by atoms with Crippen LogP contribution in [0.1, 0.15) is 13.8 Å².